The fourth-order valence-corrected chi connectivity index (χ4v) is 3.88. The number of hydrogen-bond donors (Lipinski definition) is 0. The Kier molecular flexibility index (Phi) is 5.25. The molecular weight excluding hydrogens is 270 g/mol. The standard InChI is InChI=1S/C15H25N3OS/c1-2-7-18-14(5-1)13-15(16-18)19-10-4-3-6-17-8-11-20-12-9-17/h13H,1-12H2. The van der Waals surface area contributed by atoms with Crippen LogP contribution in [0, 0.1) is 0 Å². The number of nitrogens with zero attached hydrogens (tertiary/aromatic N) is 3. The van der Waals surface area contributed by atoms with Crippen molar-refractivity contribution < 1.29 is 4.74 Å². The molecule has 1 aromatic heterocycles. The predicted molar refractivity (Wildman–Crippen MR) is 83.7 cm³/mol. The van der Waals surface area contributed by atoms with Gasteiger partial charge in [0.2, 0.25) is 5.88 Å². The summed E-state index contributed by atoms with van der Waals surface area (Å²) in [5, 5.41) is 4.52. The van der Waals surface area contributed by atoms with Crippen LogP contribution < -0.4 is 4.74 Å². The highest BCUT2D eigenvalue weighted by Crippen LogP contribution is 2.19. The molecule has 3 rings (SSSR count). The second-order valence-corrected chi connectivity index (χ2v) is 6.89. The molecule has 2 aliphatic rings. The Bertz CT molecular complexity index is 392. The van der Waals surface area contributed by atoms with Gasteiger partial charge in [0.1, 0.15) is 0 Å². The lowest BCUT2D eigenvalue weighted by Gasteiger charge is -2.25. The highest BCUT2D eigenvalue weighted by Gasteiger charge is 2.13. The van der Waals surface area contributed by atoms with Crippen LogP contribution in [-0.4, -0.2) is 52.4 Å². The predicted octanol–water partition coefficient (Wildman–Crippen LogP) is 2.43. The lowest BCUT2D eigenvalue weighted by Crippen LogP contribution is -2.33. The number of hydrogen-bond acceptors (Lipinski definition) is 4. The van der Waals surface area contributed by atoms with Gasteiger partial charge in [-0.3, -0.25) is 4.68 Å². The molecular formula is C15H25N3OS. The van der Waals surface area contributed by atoms with Crippen molar-refractivity contribution in [1.29, 1.82) is 0 Å². The van der Waals surface area contributed by atoms with E-state index in [-0.39, 0.29) is 0 Å². The summed E-state index contributed by atoms with van der Waals surface area (Å²) in [6, 6.07) is 2.13. The highest BCUT2D eigenvalue weighted by molar-refractivity contribution is 7.99. The van der Waals surface area contributed by atoms with Crippen molar-refractivity contribution in [2.45, 2.75) is 38.6 Å². The van der Waals surface area contributed by atoms with Crippen molar-refractivity contribution >= 4 is 11.8 Å². The Morgan fingerprint density at radius 2 is 2.05 bits per heavy atom. The monoisotopic (exact) mass is 295 g/mol. The molecule has 0 saturated carbocycles. The van der Waals surface area contributed by atoms with Crippen LogP contribution in [0.2, 0.25) is 0 Å². The van der Waals surface area contributed by atoms with E-state index in [9.17, 15) is 0 Å². The summed E-state index contributed by atoms with van der Waals surface area (Å²) in [4.78, 5) is 2.58. The van der Waals surface area contributed by atoms with Crippen LogP contribution in [0.5, 0.6) is 5.88 Å². The van der Waals surface area contributed by atoms with Crippen molar-refractivity contribution in [1.82, 2.24) is 14.7 Å². The molecule has 0 amide bonds. The molecule has 4 nitrogen and oxygen atoms in total. The van der Waals surface area contributed by atoms with Crippen LogP contribution in [-0.2, 0) is 13.0 Å². The molecule has 1 fully saturated rings. The van der Waals surface area contributed by atoms with Gasteiger partial charge in [0.15, 0.2) is 0 Å². The zero-order valence-corrected chi connectivity index (χ0v) is 13.0. The molecule has 0 spiro atoms. The third-order valence-corrected chi connectivity index (χ3v) is 5.06. The number of ether oxygens (including phenoxy) is 1. The summed E-state index contributed by atoms with van der Waals surface area (Å²) in [7, 11) is 0. The molecule has 112 valence electrons. The average Bonchev–Trinajstić information content (AvgIpc) is 2.90. The highest BCUT2D eigenvalue weighted by atomic mass is 32.2. The van der Waals surface area contributed by atoms with Crippen molar-refractivity contribution in [3.63, 3.8) is 0 Å². The molecule has 0 aliphatic carbocycles. The minimum atomic E-state index is 0.805. The maximum Gasteiger partial charge on any atom is 0.232 e. The van der Waals surface area contributed by atoms with E-state index < -0.39 is 0 Å². The van der Waals surface area contributed by atoms with Crippen molar-refractivity contribution in [3.8, 4) is 5.88 Å². The number of fused-ring (bicyclic) bond motifs is 1. The number of unbranched alkanes of at least 4 members (excludes halogenated alkanes) is 1. The van der Waals surface area contributed by atoms with Crippen molar-refractivity contribution in [2.24, 2.45) is 0 Å². The van der Waals surface area contributed by atoms with Crippen LogP contribution in [0.15, 0.2) is 6.07 Å². The Balaban J connectivity index is 1.32. The van der Waals surface area contributed by atoms with E-state index in [0.29, 0.717) is 0 Å². The van der Waals surface area contributed by atoms with Gasteiger partial charge in [0.05, 0.1) is 6.61 Å². The van der Waals surface area contributed by atoms with Gasteiger partial charge < -0.3 is 9.64 Å². The van der Waals surface area contributed by atoms with Crippen LogP contribution in [0.25, 0.3) is 0 Å². The first-order chi connectivity index (χ1) is 9.92. The number of aryl methyl sites for hydroxylation is 2. The summed E-state index contributed by atoms with van der Waals surface area (Å²) in [6.45, 7) is 5.62. The normalized spacial score (nSPS) is 19.8. The fraction of sp³-hybridized carbons (Fsp3) is 0.800. The largest absolute Gasteiger partial charge is 0.477 e. The summed E-state index contributed by atoms with van der Waals surface area (Å²) in [6.07, 6.45) is 6.06. The summed E-state index contributed by atoms with van der Waals surface area (Å²) < 4.78 is 7.91. The van der Waals surface area contributed by atoms with Crippen molar-refractivity contribution in [3.05, 3.63) is 11.8 Å². The molecule has 0 radical (unpaired) electrons. The minimum Gasteiger partial charge on any atom is -0.477 e. The van der Waals surface area contributed by atoms with E-state index in [1.807, 2.05) is 0 Å². The van der Waals surface area contributed by atoms with Gasteiger partial charge in [0, 0.05) is 42.9 Å². The van der Waals surface area contributed by atoms with Gasteiger partial charge in [-0.05, 0) is 38.6 Å². The average molecular weight is 295 g/mol. The van der Waals surface area contributed by atoms with Gasteiger partial charge in [0.25, 0.3) is 0 Å². The minimum absolute atomic E-state index is 0.805. The number of aromatic nitrogens is 2. The van der Waals surface area contributed by atoms with Gasteiger partial charge in [-0.1, -0.05) is 0 Å². The lowest BCUT2D eigenvalue weighted by atomic mass is 10.1. The zero-order chi connectivity index (χ0) is 13.6. The second kappa shape index (κ2) is 7.36. The first-order valence-corrected chi connectivity index (χ1v) is 9.07. The summed E-state index contributed by atoms with van der Waals surface area (Å²) >= 11 is 2.08. The molecule has 3 heterocycles. The van der Waals surface area contributed by atoms with Gasteiger partial charge >= 0.3 is 0 Å². The van der Waals surface area contributed by atoms with E-state index in [1.165, 1.54) is 56.1 Å². The molecule has 0 N–H and O–H groups in total. The van der Waals surface area contributed by atoms with Crippen molar-refractivity contribution in [2.75, 3.05) is 37.7 Å². The topological polar surface area (TPSA) is 30.3 Å². The molecule has 0 unspecified atom stereocenters. The van der Waals surface area contributed by atoms with E-state index in [1.54, 1.807) is 0 Å². The maximum atomic E-state index is 5.79. The van der Waals surface area contributed by atoms with E-state index >= 15 is 0 Å². The third kappa shape index (κ3) is 3.92. The Hall–Kier alpha value is -0.680. The second-order valence-electron chi connectivity index (χ2n) is 5.66. The fourth-order valence-electron chi connectivity index (χ4n) is 2.90. The van der Waals surface area contributed by atoms with Crippen LogP contribution in [0.1, 0.15) is 31.4 Å². The molecule has 0 atom stereocenters. The zero-order valence-electron chi connectivity index (χ0n) is 12.2. The Labute approximate surface area is 125 Å². The third-order valence-electron chi connectivity index (χ3n) is 4.12. The first kappa shape index (κ1) is 14.3. The molecule has 1 aromatic rings. The summed E-state index contributed by atoms with van der Waals surface area (Å²) in [5.74, 6) is 3.43. The Morgan fingerprint density at radius 1 is 1.15 bits per heavy atom. The lowest BCUT2D eigenvalue weighted by molar-refractivity contribution is 0.259. The van der Waals surface area contributed by atoms with Gasteiger partial charge in [-0.15, -0.1) is 5.10 Å². The molecule has 0 bridgehead atoms. The van der Waals surface area contributed by atoms with Crippen LogP contribution in [0.4, 0.5) is 0 Å². The van der Waals surface area contributed by atoms with Gasteiger partial charge in [-0.2, -0.15) is 11.8 Å². The Morgan fingerprint density at radius 3 is 2.90 bits per heavy atom. The van der Waals surface area contributed by atoms with E-state index in [4.69, 9.17) is 4.74 Å². The van der Waals surface area contributed by atoms with E-state index in [2.05, 4.69) is 32.5 Å². The SMILES string of the molecule is c1c(OCCCCN2CCSCC2)nn2c1CCCC2. The van der Waals surface area contributed by atoms with Gasteiger partial charge in [-0.25, -0.2) is 0 Å². The molecule has 1 saturated heterocycles. The molecule has 20 heavy (non-hydrogen) atoms. The van der Waals surface area contributed by atoms with E-state index in [0.717, 1.165) is 31.9 Å². The summed E-state index contributed by atoms with van der Waals surface area (Å²) in [5.41, 5.74) is 1.34. The number of thioether (sulfide) groups is 1. The molecule has 0 aromatic carbocycles. The number of rotatable bonds is 6. The first-order valence-electron chi connectivity index (χ1n) is 7.91. The molecule has 5 heteroatoms. The quantitative estimate of drug-likeness (QED) is 0.754. The van der Waals surface area contributed by atoms with Crippen LogP contribution in [0.3, 0.4) is 0 Å². The van der Waals surface area contributed by atoms with Crippen LogP contribution >= 0.6 is 11.8 Å². The maximum absolute atomic E-state index is 5.79. The smallest absolute Gasteiger partial charge is 0.232 e. The molecule has 2 aliphatic heterocycles.